The Balaban J connectivity index is 1.72. The number of hydrogen-bond acceptors (Lipinski definition) is 4. The fraction of sp³-hybridized carbons (Fsp3) is 0.400. The number of hydrogen-bond donors (Lipinski definition) is 3. The summed E-state index contributed by atoms with van der Waals surface area (Å²) < 4.78 is 5.73. The Labute approximate surface area is 165 Å². The Kier molecular flexibility index (Phi) is 8.13. The minimum atomic E-state index is -0.101. The molecule has 1 atom stereocenters. The number of rotatable bonds is 8. The molecule has 0 saturated carbocycles. The van der Waals surface area contributed by atoms with Gasteiger partial charge in [0.2, 0.25) is 5.91 Å². The lowest BCUT2D eigenvalue weighted by atomic mass is 10.2. The topological polar surface area (TPSA) is 74.8 Å². The number of ether oxygens (including phenoxy) is 1. The number of benzene rings is 1. The maximum atomic E-state index is 11.1. The Hall–Kier alpha value is -2.54. The van der Waals surface area contributed by atoms with Crippen LogP contribution in [-0.4, -0.2) is 38.1 Å². The predicted octanol–water partition coefficient (Wildman–Crippen LogP) is 3.19. The molecular weight excluding hydrogens is 360 g/mol. The van der Waals surface area contributed by atoms with E-state index in [1.807, 2.05) is 29.5 Å². The quantitative estimate of drug-likeness (QED) is 0.369. The van der Waals surface area contributed by atoms with Crippen LogP contribution in [0.4, 0.5) is 5.69 Å². The van der Waals surface area contributed by atoms with Crippen LogP contribution in [0.3, 0.4) is 0 Å². The summed E-state index contributed by atoms with van der Waals surface area (Å²) in [7, 11) is 1.76. The van der Waals surface area contributed by atoms with E-state index in [-0.39, 0.29) is 11.9 Å². The monoisotopic (exact) mass is 388 g/mol. The summed E-state index contributed by atoms with van der Waals surface area (Å²) >= 11 is 1.83. The van der Waals surface area contributed by atoms with Crippen LogP contribution < -0.4 is 20.7 Å². The molecule has 1 heterocycles. The van der Waals surface area contributed by atoms with Gasteiger partial charge < -0.3 is 20.7 Å². The molecule has 2 rings (SSSR count). The largest absolute Gasteiger partial charge is 0.492 e. The zero-order valence-electron chi connectivity index (χ0n) is 16.3. The van der Waals surface area contributed by atoms with Gasteiger partial charge in [0.15, 0.2) is 5.96 Å². The molecule has 2 aromatic rings. The predicted molar refractivity (Wildman–Crippen MR) is 113 cm³/mol. The van der Waals surface area contributed by atoms with E-state index in [0.717, 1.165) is 18.1 Å². The first kappa shape index (κ1) is 20.8. The average Bonchev–Trinajstić information content (AvgIpc) is 3.02. The number of nitrogens with zero attached hydrogens (tertiary/aromatic N) is 1. The van der Waals surface area contributed by atoms with Gasteiger partial charge in [0.05, 0.1) is 6.54 Å². The minimum absolute atomic E-state index is 0.101. The lowest BCUT2D eigenvalue weighted by Crippen LogP contribution is -2.44. The van der Waals surface area contributed by atoms with Crippen LogP contribution in [0.1, 0.15) is 23.6 Å². The van der Waals surface area contributed by atoms with E-state index < -0.39 is 0 Å². The highest BCUT2D eigenvalue weighted by atomic mass is 32.1. The third kappa shape index (κ3) is 7.70. The molecular formula is C20H28N4O2S. The van der Waals surface area contributed by atoms with Gasteiger partial charge in [-0.05, 0) is 38.1 Å². The van der Waals surface area contributed by atoms with Crippen molar-refractivity contribution in [3.05, 3.63) is 46.2 Å². The van der Waals surface area contributed by atoms with Crippen LogP contribution in [0.5, 0.6) is 5.75 Å². The molecule has 27 heavy (non-hydrogen) atoms. The van der Waals surface area contributed by atoms with Crippen molar-refractivity contribution in [3.63, 3.8) is 0 Å². The van der Waals surface area contributed by atoms with Crippen molar-refractivity contribution in [3.8, 4) is 5.75 Å². The van der Waals surface area contributed by atoms with Crippen molar-refractivity contribution >= 4 is 28.9 Å². The van der Waals surface area contributed by atoms with E-state index >= 15 is 0 Å². The standard InChI is InChI=1S/C20H28N4O2S/c1-14(12-19-9-8-15(2)27-19)23-20(21-4)22-10-11-26-18-7-5-6-17(13-18)24-16(3)25/h5-9,13-14H,10-12H2,1-4H3,(H,24,25)(H2,21,22,23). The molecule has 1 aromatic heterocycles. The van der Waals surface area contributed by atoms with Crippen molar-refractivity contribution in [2.24, 2.45) is 4.99 Å². The first-order chi connectivity index (χ1) is 13.0. The van der Waals surface area contributed by atoms with Gasteiger partial charge >= 0.3 is 0 Å². The normalized spacial score (nSPS) is 12.4. The van der Waals surface area contributed by atoms with Crippen molar-refractivity contribution in [1.82, 2.24) is 10.6 Å². The van der Waals surface area contributed by atoms with Crippen molar-refractivity contribution in [2.45, 2.75) is 33.2 Å². The molecule has 0 radical (unpaired) electrons. The molecule has 0 aliphatic heterocycles. The average molecular weight is 389 g/mol. The number of nitrogens with one attached hydrogen (secondary N) is 3. The van der Waals surface area contributed by atoms with Crippen LogP contribution >= 0.6 is 11.3 Å². The van der Waals surface area contributed by atoms with Gasteiger partial charge in [-0.3, -0.25) is 9.79 Å². The van der Waals surface area contributed by atoms with E-state index in [2.05, 4.69) is 46.9 Å². The Morgan fingerprint density at radius 3 is 2.78 bits per heavy atom. The Bertz CT molecular complexity index is 773. The van der Waals surface area contributed by atoms with Crippen molar-refractivity contribution in [1.29, 1.82) is 0 Å². The van der Waals surface area contributed by atoms with E-state index in [1.54, 1.807) is 13.1 Å². The molecule has 0 spiro atoms. The van der Waals surface area contributed by atoms with Crippen LogP contribution in [0.2, 0.25) is 0 Å². The summed E-state index contributed by atoms with van der Waals surface area (Å²) in [6.07, 6.45) is 0.964. The van der Waals surface area contributed by atoms with Crippen molar-refractivity contribution < 1.29 is 9.53 Å². The molecule has 0 saturated heterocycles. The first-order valence-electron chi connectivity index (χ1n) is 8.99. The fourth-order valence-corrected chi connectivity index (χ4v) is 3.60. The van der Waals surface area contributed by atoms with Crippen LogP contribution in [0, 0.1) is 6.92 Å². The molecule has 146 valence electrons. The van der Waals surface area contributed by atoms with Gasteiger partial charge in [-0.2, -0.15) is 0 Å². The van der Waals surface area contributed by atoms with E-state index in [1.165, 1.54) is 16.7 Å². The summed E-state index contributed by atoms with van der Waals surface area (Å²) in [5.41, 5.74) is 0.725. The van der Waals surface area contributed by atoms with Crippen LogP contribution in [0.15, 0.2) is 41.4 Å². The summed E-state index contributed by atoms with van der Waals surface area (Å²) in [4.78, 5) is 18.1. The minimum Gasteiger partial charge on any atom is -0.492 e. The Morgan fingerprint density at radius 2 is 2.11 bits per heavy atom. The number of guanidine groups is 1. The number of amides is 1. The van der Waals surface area contributed by atoms with Gasteiger partial charge in [0, 0.05) is 47.9 Å². The lowest BCUT2D eigenvalue weighted by Gasteiger charge is -2.17. The Morgan fingerprint density at radius 1 is 1.30 bits per heavy atom. The smallest absolute Gasteiger partial charge is 0.221 e. The lowest BCUT2D eigenvalue weighted by molar-refractivity contribution is -0.114. The SMILES string of the molecule is CN=C(NCCOc1cccc(NC(C)=O)c1)NC(C)Cc1ccc(C)s1. The maximum Gasteiger partial charge on any atom is 0.221 e. The molecule has 7 heteroatoms. The number of aryl methyl sites for hydroxylation is 1. The number of aliphatic imine (C=N–C) groups is 1. The zero-order chi connectivity index (χ0) is 19.6. The van der Waals surface area contributed by atoms with E-state index in [0.29, 0.717) is 18.9 Å². The summed E-state index contributed by atoms with van der Waals surface area (Å²) in [6.45, 7) is 6.86. The zero-order valence-corrected chi connectivity index (χ0v) is 17.2. The van der Waals surface area contributed by atoms with Gasteiger partial charge in [0.25, 0.3) is 0 Å². The first-order valence-corrected chi connectivity index (χ1v) is 9.81. The van der Waals surface area contributed by atoms with Crippen LogP contribution in [-0.2, 0) is 11.2 Å². The molecule has 0 bridgehead atoms. The van der Waals surface area contributed by atoms with E-state index in [9.17, 15) is 4.79 Å². The van der Waals surface area contributed by atoms with Gasteiger partial charge in [-0.25, -0.2) is 0 Å². The highest BCUT2D eigenvalue weighted by Crippen LogP contribution is 2.17. The molecule has 1 unspecified atom stereocenters. The second-order valence-electron chi connectivity index (χ2n) is 6.32. The number of anilines is 1. The molecule has 3 N–H and O–H groups in total. The highest BCUT2D eigenvalue weighted by Gasteiger charge is 2.07. The second kappa shape index (κ2) is 10.6. The molecule has 1 amide bonds. The molecule has 0 aliphatic rings. The maximum absolute atomic E-state index is 11.1. The summed E-state index contributed by atoms with van der Waals surface area (Å²) in [5, 5.41) is 9.40. The number of carbonyl (C=O) groups is 1. The van der Waals surface area contributed by atoms with Gasteiger partial charge in [-0.15, -0.1) is 11.3 Å². The van der Waals surface area contributed by atoms with Gasteiger partial charge in [0.1, 0.15) is 12.4 Å². The molecule has 0 fully saturated rings. The summed E-state index contributed by atoms with van der Waals surface area (Å²) in [5.74, 6) is 1.37. The highest BCUT2D eigenvalue weighted by molar-refractivity contribution is 7.11. The molecule has 0 aliphatic carbocycles. The third-order valence-corrected chi connectivity index (χ3v) is 4.75. The fourth-order valence-electron chi connectivity index (χ4n) is 2.58. The van der Waals surface area contributed by atoms with Gasteiger partial charge in [-0.1, -0.05) is 6.07 Å². The second-order valence-corrected chi connectivity index (χ2v) is 7.69. The number of carbonyl (C=O) groups excluding carboxylic acids is 1. The summed E-state index contributed by atoms with van der Waals surface area (Å²) in [6, 6.07) is 12.0. The van der Waals surface area contributed by atoms with Crippen LogP contribution in [0.25, 0.3) is 0 Å². The van der Waals surface area contributed by atoms with Crippen molar-refractivity contribution in [2.75, 3.05) is 25.5 Å². The van der Waals surface area contributed by atoms with E-state index in [4.69, 9.17) is 4.74 Å². The molecule has 1 aromatic carbocycles. The third-order valence-electron chi connectivity index (χ3n) is 3.73. The molecule has 6 nitrogen and oxygen atoms in total. The number of thiophene rings is 1.